The molecule has 10 nitrogen and oxygen atoms in total. The number of hydrogen-bond acceptors (Lipinski definition) is 8. The van der Waals surface area contributed by atoms with Crippen LogP contribution in [0, 0.1) is 11.6 Å². The maximum Gasteiger partial charge on any atom is 0.407 e. The number of pyridine rings is 2. The molecule has 264 valence electrons. The molecule has 50 heavy (non-hydrogen) atoms. The average Bonchev–Trinajstić information content (AvgIpc) is 3.11. The number of nitrogens with two attached hydrogens (primary N) is 1. The molecule has 3 heterocycles. The number of anilines is 1. The minimum Gasteiger partial charge on any atom is -0.448 e. The van der Waals surface area contributed by atoms with Gasteiger partial charge in [-0.15, -0.1) is 0 Å². The summed E-state index contributed by atoms with van der Waals surface area (Å²) in [5.41, 5.74) is 10.0. The van der Waals surface area contributed by atoms with Crippen LogP contribution in [0.3, 0.4) is 0 Å². The molecule has 2 amide bonds. The van der Waals surface area contributed by atoms with E-state index in [0.29, 0.717) is 24.1 Å². The van der Waals surface area contributed by atoms with Gasteiger partial charge < -0.3 is 31.2 Å². The molecular formula is C35H35F5N6O4. The molecule has 1 saturated heterocycles. The second-order valence-electron chi connectivity index (χ2n) is 11.7. The fraction of sp³-hybridized carbons (Fsp3) is 0.314. The van der Waals surface area contributed by atoms with E-state index >= 15 is 4.39 Å². The lowest BCUT2D eigenvalue weighted by molar-refractivity contribution is -0.124. The molecule has 15 heteroatoms. The Hall–Kier alpha value is -4.99. The molecule has 4 atom stereocenters. The van der Waals surface area contributed by atoms with Gasteiger partial charge >= 0.3 is 12.3 Å². The van der Waals surface area contributed by atoms with Crippen molar-refractivity contribution in [3.63, 3.8) is 0 Å². The molecule has 1 fully saturated rings. The number of benzene rings is 2. The Balaban J connectivity index is 1.21. The Labute approximate surface area is 284 Å². The van der Waals surface area contributed by atoms with Gasteiger partial charge in [0, 0.05) is 30.4 Å². The van der Waals surface area contributed by atoms with Crippen LogP contribution >= 0.6 is 0 Å². The van der Waals surface area contributed by atoms with E-state index in [9.17, 15) is 27.2 Å². The Morgan fingerprint density at radius 2 is 1.70 bits per heavy atom. The highest BCUT2D eigenvalue weighted by molar-refractivity contribution is 5.96. The molecule has 0 saturated carbocycles. The summed E-state index contributed by atoms with van der Waals surface area (Å²) in [7, 11) is 0. The lowest BCUT2D eigenvalue weighted by atomic mass is 9.84. The van der Waals surface area contributed by atoms with Crippen LogP contribution in [0.15, 0.2) is 85.5 Å². The normalized spacial score (nSPS) is 17.4. The summed E-state index contributed by atoms with van der Waals surface area (Å²) in [5, 5.41) is 7.45. The second kappa shape index (κ2) is 16.6. The van der Waals surface area contributed by atoms with E-state index in [0.717, 1.165) is 17.3 Å². The van der Waals surface area contributed by atoms with E-state index in [2.05, 4.69) is 20.6 Å². The SMILES string of the molecule is N[C@H](C(=O)Nc1cncc(F)c1CC[C@@H]1CN[C@H](COC(=O)NCC(F)(F)F)CO1)[C@H](c1ccc(F)cc1)c1ccc(-c2cccnc2)cc1. The number of halogens is 5. The minimum absolute atomic E-state index is 0.0997. The second-order valence-corrected chi connectivity index (χ2v) is 11.7. The largest absolute Gasteiger partial charge is 0.448 e. The first kappa shape index (κ1) is 36.3. The first-order valence-electron chi connectivity index (χ1n) is 15.7. The van der Waals surface area contributed by atoms with E-state index in [4.69, 9.17) is 15.2 Å². The highest BCUT2D eigenvalue weighted by Gasteiger charge is 2.30. The van der Waals surface area contributed by atoms with Crippen molar-refractivity contribution in [2.75, 3.05) is 31.6 Å². The van der Waals surface area contributed by atoms with E-state index in [1.165, 1.54) is 18.3 Å². The lowest BCUT2D eigenvalue weighted by Gasteiger charge is -2.30. The number of amides is 2. The number of nitrogens with one attached hydrogen (secondary N) is 3. The van der Waals surface area contributed by atoms with E-state index < -0.39 is 54.4 Å². The molecular weight excluding hydrogens is 663 g/mol. The third kappa shape index (κ3) is 10.0. The van der Waals surface area contributed by atoms with Crippen LogP contribution in [0.2, 0.25) is 0 Å². The van der Waals surface area contributed by atoms with Gasteiger partial charge in [0.2, 0.25) is 5.91 Å². The zero-order valence-corrected chi connectivity index (χ0v) is 26.6. The number of nitrogens with zero attached hydrogens (tertiary/aromatic N) is 2. The average molecular weight is 699 g/mol. The van der Waals surface area contributed by atoms with E-state index in [1.54, 1.807) is 29.8 Å². The fourth-order valence-corrected chi connectivity index (χ4v) is 5.55. The van der Waals surface area contributed by atoms with Gasteiger partial charge in [0.25, 0.3) is 0 Å². The molecule has 0 aliphatic carbocycles. The van der Waals surface area contributed by atoms with Gasteiger partial charge in [0.1, 0.15) is 24.8 Å². The molecule has 0 spiro atoms. The lowest BCUT2D eigenvalue weighted by Crippen LogP contribution is -2.49. The summed E-state index contributed by atoms with van der Waals surface area (Å²) in [6.07, 6.45) is 0.140. The van der Waals surface area contributed by atoms with Crippen molar-refractivity contribution in [1.29, 1.82) is 0 Å². The molecule has 5 N–H and O–H groups in total. The number of carbonyl (C=O) groups is 2. The maximum atomic E-state index is 15.1. The van der Waals surface area contributed by atoms with E-state index in [1.807, 2.05) is 36.4 Å². The number of morpholine rings is 1. The van der Waals surface area contributed by atoms with E-state index in [-0.39, 0.29) is 37.0 Å². The number of alkyl halides is 3. The Morgan fingerprint density at radius 3 is 2.34 bits per heavy atom. The van der Waals surface area contributed by atoms with Crippen molar-refractivity contribution in [1.82, 2.24) is 20.6 Å². The molecule has 2 aromatic carbocycles. The van der Waals surface area contributed by atoms with Crippen LogP contribution in [0.5, 0.6) is 0 Å². The quantitative estimate of drug-likeness (QED) is 0.150. The standard InChI is InChI=1S/C35H35F5N6O4/c36-25-9-7-23(8-10-25)31(22-5-3-21(4-6-22)24-2-1-13-42-14-24)32(41)33(47)46-30-17-43-16-29(37)28(30)12-11-27-15-44-26(18-49-27)19-50-34(48)45-20-35(38,39)40/h1-10,13-14,16-17,26-27,31-32,44H,11-12,15,18-20,41H2,(H,45,48)(H,46,47)/t26-,27+,31-,32-/m0/s1. The van der Waals surface area contributed by atoms with Crippen LogP contribution in [-0.4, -0.2) is 72.6 Å². The smallest absolute Gasteiger partial charge is 0.407 e. The number of rotatable bonds is 12. The van der Waals surface area contributed by atoms with Crippen molar-refractivity contribution in [2.45, 2.75) is 43.1 Å². The molecule has 5 rings (SSSR count). The molecule has 1 aliphatic rings. The van der Waals surface area contributed by atoms with Gasteiger partial charge in [-0.1, -0.05) is 42.5 Å². The summed E-state index contributed by atoms with van der Waals surface area (Å²) < 4.78 is 76.3. The fourth-order valence-electron chi connectivity index (χ4n) is 5.55. The van der Waals surface area contributed by atoms with Crippen molar-refractivity contribution >= 4 is 17.7 Å². The summed E-state index contributed by atoms with van der Waals surface area (Å²) >= 11 is 0. The summed E-state index contributed by atoms with van der Waals surface area (Å²) in [6.45, 7) is -1.31. The van der Waals surface area contributed by atoms with Gasteiger partial charge in [-0.25, -0.2) is 13.6 Å². The van der Waals surface area contributed by atoms with Crippen molar-refractivity contribution in [3.05, 3.63) is 114 Å². The molecule has 0 radical (unpaired) electrons. The summed E-state index contributed by atoms with van der Waals surface area (Å²) in [5.74, 6) is -2.38. The highest BCUT2D eigenvalue weighted by Crippen LogP contribution is 2.31. The Morgan fingerprint density at radius 1 is 0.980 bits per heavy atom. The summed E-state index contributed by atoms with van der Waals surface area (Å²) in [4.78, 5) is 33.2. The molecule has 1 aliphatic heterocycles. The highest BCUT2D eigenvalue weighted by atomic mass is 19.4. The van der Waals surface area contributed by atoms with Gasteiger partial charge in [-0.3, -0.25) is 14.8 Å². The molecule has 0 bridgehead atoms. The third-order valence-electron chi connectivity index (χ3n) is 8.15. The van der Waals surface area contributed by atoms with Gasteiger partial charge in [0.15, 0.2) is 0 Å². The number of hydrogen-bond donors (Lipinski definition) is 4. The molecule has 4 aromatic rings. The summed E-state index contributed by atoms with van der Waals surface area (Å²) in [6, 6.07) is 15.3. The van der Waals surface area contributed by atoms with Crippen molar-refractivity contribution in [3.8, 4) is 11.1 Å². The first-order chi connectivity index (χ1) is 24.0. The molecule has 2 aromatic heterocycles. The predicted octanol–water partition coefficient (Wildman–Crippen LogP) is 5.10. The monoisotopic (exact) mass is 698 g/mol. The number of alkyl carbamates (subject to hydrolysis) is 1. The predicted molar refractivity (Wildman–Crippen MR) is 174 cm³/mol. The number of carbonyl (C=O) groups excluding carboxylic acids is 2. The van der Waals surface area contributed by atoms with Crippen LogP contribution in [0.25, 0.3) is 11.1 Å². The zero-order valence-electron chi connectivity index (χ0n) is 26.6. The van der Waals surface area contributed by atoms with Gasteiger partial charge in [-0.05, 0) is 53.3 Å². The zero-order chi connectivity index (χ0) is 35.7. The van der Waals surface area contributed by atoms with Gasteiger partial charge in [-0.2, -0.15) is 13.2 Å². The number of aromatic nitrogens is 2. The number of ether oxygens (including phenoxy) is 2. The maximum absolute atomic E-state index is 15.1. The Bertz CT molecular complexity index is 1720. The van der Waals surface area contributed by atoms with Crippen molar-refractivity contribution in [2.24, 2.45) is 5.73 Å². The van der Waals surface area contributed by atoms with Crippen LogP contribution < -0.4 is 21.7 Å². The van der Waals surface area contributed by atoms with Crippen molar-refractivity contribution < 1.29 is 41.0 Å². The van der Waals surface area contributed by atoms with Crippen LogP contribution in [0.1, 0.15) is 29.0 Å². The topological polar surface area (TPSA) is 140 Å². The van der Waals surface area contributed by atoms with Gasteiger partial charge in [0.05, 0.1) is 42.9 Å². The van der Waals surface area contributed by atoms with Crippen LogP contribution in [0.4, 0.5) is 32.4 Å². The third-order valence-corrected chi connectivity index (χ3v) is 8.15. The molecule has 0 unspecified atom stereocenters. The van der Waals surface area contributed by atoms with Crippen LogP contribution in [-0.2, 0) is 20.7 Å². The Kier molecular flexibility index (Phi) is 12.1. The first-order valence-corrected chi connectivity index (χ1v) is 15.7. The minimum atomic E-state index is -4.55.